The van der Waals surface area contributed by atoms with Crippen molar-refractivity contribution in [3.8, 4) is 0 Å². The number of aromatic carboxylic acids is 1. The van der Waals surface area contributed by atoms with Gasteiger partial charge >= 0.3 is 5.97 Å². The molecule has 0 fully saturated rings. The quantitative estimate of drug-likeness (QED) is 0.879. The summed E-state index contributed by atoms with van der Waals surface area (Å²) in [4.78, 5) is 9.62. The molecule has 0 aliphatic rings. The van der Waals surface area contributed by atoms with Gasteiger partial charge in [-0.2, -0.15) is 0 Å². The molecular formula is C9H5F2N3O4S2. The number of hydrogen-bond acceptors (Lipinski definition) is 6. The van der Waals surface area contributed by atoms with Crippen LogP contribution in [0.15, 0.2) is 22.5 Å². The van der Waals surface area contributed by atoms with E-state index in [1.165, 1.54) is 5.51 Å². The summed E-state index contributed by atoms with van der Waals surface area (Å²) in [6.45, 7) is 0. The van der Waals surface area contributed by atoms with Gasteiger partial charge in [0.1, 0.15) is 10.4 Å². The molecule has 0 bridgehead atoms. The van der Waals surface area contributed by atoms with Crippen LogP contribution < -0.4 is 4.72 Å². The molecule has 2 N–H and O–H groups in total. The van der Waals surface area contributed by atoms with Gasteiger partial charge in [-0.25, -0.2) is 22.0 Å². The van der Waals surface area contributed by atoms with Gasteiger partial charge in [-0.3, -0.25) is 4.72 Å². The van der Waals surface area contributed by atoms with Gasteiger partial charge in [0.25, 0.3) is 10.0 Å². The summed E-state index contributed by atoms with van der Waals surface area (Å²) in [7, 11) is -4.51. The van der Waals surface area contributed by atoms with Gasteiger partial charge in [-0.15, -0.1) is 10.2 Å². The van der Waals surface area contributed by atoms with Crippen LogP contribution in [0.3, 0.4) is 0 Å². The average molecular weight is 321 g/mol. The minimum absolute atomic E-state index is 0.162. The Labute approximate surface area is 114 Å². The van der Waals surface area contributed by atoms with Crippen molar-refractivity contribution in [2.24, 2.45) is 0 Å². The largest absolute Gasteiger partial charge is 0.478 e. The number of benzene rings is 1. The van der Waals surface area contributed by atoms with E-state index < -0.39 is 38.1 Å². The van der Waals surface area contributed by atoms with Gasteiger partial charge in [-0.05, 0) is 12.1 Å². The zero-order chi connectivity index (χ0) is 14.9. The molecule has 20 heavy (non-hydrogen) atoms. The van der Waals surface area contributed by atoms with Crippen LogP contribution >= 0.6 is 11.3 Å². The molecule has 0 aliphatic carbocycles. The first-order valence-corrected chi connectivity index (χ1v) is 7.19. The van der Waals surface area contributed by atoms with Crippen LogP contribution in [0.25, 0.3) is 0 Å². The zero-order valence-corrected chi connectivity index (χ0v) is 11.0. The molecule has 1 aromatic carbocycles. The standard InChI is InChI=1S/C9H5F2N3O4S2/c10-5-1-4(8(15)16)2-6(7(5)11)20(17,18)14-9-13-12-3-19-9/h1-3H,(H,13,14)(H,15,16). The second-order valence-corrected chi connectivity index (χ2v) is 5.91. The van der Waals surface area contributed by atoms with Gasteiger partial charge in [0.05, 0.1) is 5.56 Å². The van der Waals surface area contributed by atoms with E-state index in [0.717, 1.165) is 11.3 Å². The molecule has 0 radical (unpaired) electrons. The van der Waals surface area contributed by atoms with Crippen molar-refractivity contribution in [3.05, 3.63) is 34.8 Å². The molecule has 2 rings (SSSR count). The van der Waals surface area contributed by atoms with Crippen LogP contribution in [-0.2, 0) is 10.0 Å². The lowest BCUT2D eigenvalue weighted by molar-refractivity contribution is 0.0696. The van der Waals surface area contributed by atoms with Gasteiger partial charge in [0, 0.05) is 0 Å². The van der Waals surface area contributed by atoms with Crippen molar-refractivity contribution in [1.29, 1.82) is 0 Å². The van der Waals surface area contributed by atoms with Gasteiger partial charge in [0.15, 0.2) is 11.6 Å². The number of rotatable bonds is 4. The molecule has 7 nitrogen and oxygen atoms in total. The summed E-state index contributed by atoms with van der Waals surface area (Å²) in [5.74, 6) is -4.84. The third-order valence-corrected chi connectivity index (χ3v) is 4.19. The maximum atomic E-state index is 13.5. The van der Waals surface area contributed by atoms with Crippen LogP contribution in [0.5, 0.6) is 0 Å². The summed E-state index contributed by atoms with van der Waals surface area (Å²) in [6.07, 6.45) is 0. The minimum atomic E-state index is -4.51. The fourth-order valence-corrected chi connectivity index (χ4v) is 3.08. The number of carbonyl (C=O) groups is 1. The molecule has 1 heterocycles. The molecular weight excluding hydrogens is 316 g/mol. The highest BCUT2D eigenvalue weighted by Crippen LogP contribution is 2.23. The molecule has 11 heteroatoms. The monoisotopic (exact) mass is 321 g/mol. The summed E-state index contributed by atoms with van der Waals surface area (Å²) >= 11 is 0.820. The Hall–Kier alpha value is -2.14. The molecule has 0 saturated carbocycles. The molecule has 0 aliphatic heterocycles. The first kappa shape index (κ1) is 14.3. The number of nitrogens with one attached hydrogen (secondary N) is 1. The van der Waals surface area contributed by atoms with Gasteiger partial charge in [-0.1, -0.05) is 11.3 Å². The summed E-state index contributed by atoms with van der Waals surface area (Å²) in [6, 6.07) is 0.908. The van der Waals surface area contributed by atoms with Crippen molar-refractivity contribution in [2.45, 2.75) is 4.90 Å². The molecule has 0 amide bonds. The van der Waals surface area contributed by atoms with Crippen molar-refractivity contribution in [1.82, 2.24) is 10.2 Å². The smallest absolute Gasteiger partial charge is 0.335 e. The van der Waals surface area contributed by atoms with Gasteiger partial charge < -0.3 is 5.11 Å². The Balaban J connectivity index is 2.53. The second kappa shape index (κ2) is 5.09. The van der Waals surface area contributed by atoms with Crippen LogP contribution in [0.2, 0.25) is 0 Å². The van der Waals surface area contributed by atoms with Crippen molar-refractivity contribution in [2.75, 3.05) is 4.72 Å². The Kier molecular flexibility index (Phi) is 3.63. The van der Waals surface area contributed by atoms with Crippen LogP contribution in [0, 0.1) is 11.6 Å². The maximum absolute atomic E-state index is 13.5. The molecule has 0 spiro atoms. The normalized spacial score (nSPS) is 11.3. The molecule has 2 aromatic rings. The van der Waals surface area contributed by atoms with E-state index in [2.05, 4.69) is 10.2 Å². The van der Waals surface area contributed by atoms with Gasteiger partial charge in [0.2, 0.25) is 5.13 Å². The topological polar surface area (TPSA) is 109 Å². The maximum Gasteiger partial charge on any atom is 0.335 e. The van der Waals surface area contributed by atoms with E-state index in [1.54, 1.807) is 0 Å². The fourth-order valence-electron chi connectivity index (χ4n) is 1.27. The van der Waals surface area contributed by atoms with E-state index in [9.17, 15) is 22.0 Å². The lowest BCUT2D eigenvalue weighted by atomic mass is 10.2. The van der Waals surface area contributed by atoms with Crippen molar-refractivity contribution < 1.29 is 27.1 Å². The average Bonchev–Trinajstić information content (AvgIpc) is 2.83. The Bertz CT molecular complexity index is 762. The molecule has 0 atom stereocenters. The molecule has 0 saturated heterocycles. The highest BCUT2D eigenvalue weighted by atomic mass is 32.2. The number of carboxylic acids is 1. The summed E-state index contributed by atoms with van der Waals surface area (Å²) in [5, 5.41) is 15.3. The van der Waals surface area contributed by atoms with E-state index in [-0.39, 0.29) is 5.13 Å². The van der Waals surface area contributed by atoms with Crippen LogP contribution in [0.4, 0.5) is 13.9 Å². The number of anilines is 1. The minimum Gasteiger partial charge on any atom is -0.478 e. The third kappa shape index (κ3) is 2.72. The SMILES string of the molecule is O=C(O)c1cc(F)c(F)c(S(=O)(=O)Nc2nncs2)c1. The van der Waals surface area contributed by atoms with Crippen LogP contribution in [0.1, 0.15) is 10.4 Å². The number of nitrogens with zero attached hydrogens (tertiary/aromatic N) is 2. The predicted octanol–water partition coefficient (Wildman–Crippen LogP) is 1.32. The fraction of sp³-hybridized carbons (Fsp3) is 0. The Morgan fingerprint density at radius 3 is 2.60 bits per heavy atom. The highest BCUT2D eigenvalue weighted by Gasteiger charge is 2.25. The van der Waals surface area contributed by atoms with Crippen LogP contribution in [-0.4, -0.2) is 29.7 Å². The van der Waals surface area contributed by atoms with E-state index in [1.807, 2.05) is 4.72 Å². The zero-order valence-electron chi connectivity index (χ0n) is 9.37. The molecule has 0 unspecified atom stereocenters. The third-order valence-electron chi connectivity index (χ3n) is 2.11. The summed E-state index contributed by atoms with van der Waals surface area (Å²) in [5.41, 5.74) is 0.532. The number of halogens is 2. The lowest BCUT2D eigenvalue weighted by Gasteiger charge is -2.07. The Morgan fingerprint density at radius 1 is 1.35 bits per heavy atom. The first-order valence-electron chi connectivity index (χ1n) is 4.82. The number of carboxylic acid groups (broad SMARTS) is 1. The predicted molar refractivity (Wildman–Crippen MR) is 64.0 cm³/mol. The van der Waals surface area contributed by atoms with Crippen molar-refractivity contribution in [3.63, 3.8) is 0 Å². The number of aromatic nitrogens is 2. The lowest BCUT2D eigenvalue weighted by Crippen LogP contribution is -2.16. The number of hydrogen-bond donors (Lipinski definition) is 2. The van der Waals surface area contributed by atoms with E-state index in [4.69, 9.17) is 5.11 Å². The second-order valence-electron chi connectivity index (χ2n) is 3.42. The number of sulfonamides is 1. The Morgan fingerprint density at radius 2 is 2.05 bits per heavy atom. The molecule has 1 aromatic heterocycles. The van der Waals surface area contributed by atoms with E-state index >= 15 is 0 Å². The first-order chi connectivity index (χ1) is 9.31. The van der Waals surface area contributed by atoms with Crippen molar-refractivity contribution >= 4 is 32.5 Å². The molecule has 106 valence electrons. The highest BCUT2D eigenvalue weighted by molar-refractivity contribution is 7.93. The summed E-state index contributed by atoms with van der Waals surface area (Å²) < 4.78 is 52.4. The van der Waals surface area contributed by atoms with E-state index in [0.29, 0.717) is 12.1 Å².